The molecule has 1 N–H and O–H groups in total. The number of pyridine rings is 1. The fourth-order valence-electron chi connectivity index (χ4n) is 2.38. The van der Waals surface area contributed by atoms with E-state index in [9.17, 15) is 18.0 Å². The van der Waals surface area contributed by atoms with Gasteiger partial charge in [-0.1, -0.05) is 22.6 Å². The van der Waals surface area contributed by atoms with Crippen LogP contribution < -0.4 is 10.1 Å². The molecular weight excluding hydrogens is 397 g/mol. The van der Waals surface area contributed by atoms with Crippen molar-refractivity contribution in [2.24, 2.45) is 0 Å². The third-order valence-electron chi connectivity index (χ3n) is 3.64. The number of aryl methyl sites for hydroxylation is 2. The van der Waals surface area contributed by atoms with E-state index in [0.717, 1.165) is 16.9 Å². The maximum Gasteiger partial charge on any atom is 0.413 e. The molecule has 0 bridgehead atoms. The van der Waals surface area contributed by atoms with Crippen LogP contribution in [0.4, 0.5) is 18.0 Å². The summed E-state index contributed by atoms with van der Waals surface area (Å²) < 4.78 is 46.3. The predicted octanol–water partition coefficient (Wildman–Crippen LogP) is 3.94. The normalized spacial score (nSPS) is 11.4. The Hall–Kier alpha value is -2.95. The number of nitrogens with one attached hydrogen (secondary N) is 1. The molecule has 0 aliphatic heterocycles. The Labute approximate surface area is 161 Å². The molecule has 0 unspecified atom stereocenters. The largest absolute Gasteiger partial charge is 0.413 e. The van der Waals surface area contributed by atoms with Crippen molar-refractivity contribution in [3.8, 4) is 16.5 Å². The van der Waals surface area contributed by atoms with Gasteiger partial charge in [0.1, 0.15) is 18.0 Å². The van der Waals surface area contributed by atoms with E-state index in [2.05, 4.69) is 15.1 Å². The van der Waals surface area contributed by atoms with E-state index in [-0.39, 0.29) is 5.06 Å². The molecule has 0 aromatic carbocycles. The Morgan fingerprint density at radius 3 is 2.82 bits per heavy atom. The van der Waals surface area contributed by atoms with Crippen LogP contribution in [-0.4, -0.2) is 33.9 Å². The summed E-state index contributed by atoms with van der Waals surface area (Å²) in [6.07, 6.45) is -1.64. The second-order valence-electron chi connectivity index (χ2n) is 5.71. The fourth-order valence-corrected chi connectivity index (χ4v) is 3.14. The van der Waals surface area contributed by atoms with Gasteiger partial charge >= 0.3 is 12.3 Å². The Morgan fingerprint density at radius 2 is 2.11 bits per heavy atom. The first-order chi connectivity index (χ1) is 13.3. The molecular formula is C17H15F3N4O3S. The summed E-state index contributed by atoms with van der Waals surface area (Å²) in [6, 6.07) is 5.48. The van der Waals surface area contributed by atoms with E-state index in [1.165, 1.54) is 6.20 Å². The summed E-state index contributed by atoms with van der Waals surface area (Å²) in [7, 11) is 0. The fraction of sp³-hybridized carbons (Fsp3) is 0.294. The molecule has 0 spiro atoms. The van der Waals surface area contributed by atoms with E-state index in [1.54, 1.807) is 24.5 Å². The number of halogens is 3. The number of alkyl halides is 3. The van der Waals surface area contributed by atoms with Crippen molar-refractivity contribution in [1.29, 1.82) is 0 Å². The highest BCUT2D eigenvalue weighted by Crippen LogP contribution is 2.27. The molecule has 0 saturated carbocycles. The molecule has 3 aromatic heterocycles. The summed E-state index contributed by atoms with van der Waals surface area (Å²) in [5, 5.41) is 6.46. The van der Waals surface area contributed by atoms with Gasteiger partial charge in [0.05, 0.1) is 16.9 Å². The average molecular weight is 412 g/mol. The van der Waals surface area contributed by atoms with Crippen LogP contribution in [0.3, 0.4) is 0 Å². The summed E-state index contributed by atoms with van der Waals surface area (Å²) in [6.45, 7) is 0.344. The molecule has 0 fully saturated rings. The number of aromatic nitrogens is 3. The molecule has 0 saturated heterocycles. The minimum Gasteiger partial charge on any atom is -0.397 e. The van der Waals surface area contributed by atoms with Crippen LogP contribution in [0.15, 0.2) is 35.1 Å². The predicted molar refractivity (Wildman–Crippen MR) is 94.1 cm³/mol. The second kappa shape index (κ2) is 8.38. The Kier molecular flexibility index (Phi) is 5.93. The van der Waals surface area contributed by atoms with E-state index in [0.29, 0.717) is 35.0 Å². The number of carbonyl (C=O) groups is 1. The zero-order valence-corrected chi connectivity index (χ0v) is 15.4. The van der Waals surface area contributed by atoms with Gasteiger partial charge in [-0.05, 0) is 25.5 Å². The Morgan fingerprint density at radius 1 is 1.29 bits per heavy atom. The molecule has 1 amide bonds. The number of thiazole rings is 1. The molecule has 3 rings (SSSR count). The topological polar surface area (TPSA) is 90.1 Å². The third-order valence-corrected chi connectivity index (χ3v) is 4.57. The van der Waals surface area contributed by atoms with Crippen molar-refractivity contribution in [1.82, 2.24) is 20.4 Å². The smallest absolute Gasteiger partial charge is 0.397 e. The SMILES string of the molecule is Cc1onc(-c2ccccn2)c1CCc1ncc(OC(=O)NCC(F)(F)F)s1. The van der Waals surface area contributed by atoms with E-state index < -0.39 is 18.8 Å². The molecule has 0 aliphatic carbocycles. The van der Waals surface area contributed by atoms with Crippen molar-refractivity contribution in [2.45, 2.75) is 25.9 Å². The molecule has 28 heavy (non-hydrogen) atoms. The Balaban J connectivity index is 1.60. The zero-order valence-electron chi connectivity index (χ0n) is 14.6. The molecule has 3 heterocycles. The van der Waals surface area contributed by atoms with E-state index >= 15 is 0 Å². The molecule has 0 radical (unpaired) electrons. The average Bonchev–Trinajstić information content (AvgIpc) is 3.25. The molecule has 0 atom stereocenters. The maximum atomic E-state index is 12.1. The lowest BCUT2D eigenvalue weighted by Gasteiger charge is -2.07. The molecule has 7 nitrogen and oxygen atoms in total. The number of hydrogen-bond acceptors (Lipinski definition) is 7. The van der Waals surface area contributed by atoms with Crippen LogP contribution in [0.25, 0.3) is 11.4 Å². The van der Waals surface area contributed by atoms with E-state index in [4.69, 9.17) is 9.26 Å². The van der Waals surface area contributed by atoms with Crippen molar-refractivity contribution in [2.75, 3.05) is 6.54 Å². The first-order valence-electron chi connectivity index (χ1n) is 8.15. The van der Waals surface area contributed by atoms with Crippen LogP contribution >= 0.6 is 11.3 Å². The van der Waals surface area contributed by atoms with Gasteiger partial charge in [0.15, 0.2) is 0 Å². The van der Waals surface area contributed by atoms with Crippen molar-refractivity contribution < 1.29 is 27.2 Å². The molecule has 148 valence electrons. The molecule has 0 aliphatic rings. The second-order valence-corrected chi connectivity index (χ2v) is 6.79. The minimum atomic E-state index is -4.50. The summed E-state index contributed by atoms with van der Waals surface area (Å²) in [5.41, 5.74) is 2.23. The molecule has 11 heteroatoms. The van der Waals surface area contributed by atoms with Crippen LogP contribution in [-0.2, 0) is 12.8 Å². The van der Waals surface area contributed by atoms with Crippen molar-refractivity contribution in [3.05, 3.63) is 46.9 Å². The molecule has 3 aromatic rings. The number of hydrogen-bond donors (Lipinski definition) is 1. The first kappa shape index (κ1) is 19.8. The van der Waals surface area contributed by atoms with Gasteiger partial charge in [-0.15, -0.1) is 0 Å². The first-order valence-corrected chi connectivity index (χ1v) is 8.97. The quantitative estimate of drug-likeness (QED) is 0.660. The standard InChI is InChI=1S/C17H15F3N4O3S/c1-10-11(15(24-27-10)12-4-2-3-7-21-12)5-6-13-22-8-14(28-13)26-16(25)23-9-17(18,19)20/h2-4,7-8H,5-6,9H2,1H3,(H,23,25). The number of carbonyl (C=O) groups excluding carboxylic acids is 1. The van der Waals surface area contributed by atoms with Gasteiger partial charge < -0.3 is 14.6 Å². The van der Waals surface area contributed by atoms with E-state index in [1.807, 2.05) is 12.1 Å². The zero-order chi connectivity index (χ0) is 20.1. The number of rotatable bonds is 6. The lowest BCUT2D eigenvalue weighted by atomic mass is 10.1. The number of amides is 1. The highest BCUT2D eigenvalue weighted by atomic mass is 32.1. The maximum absolute atomic E-state index is 12.1. The lowest BCUT2D eigenvalue weighted by Crippen LogP contribution is -2.35. The Bertz CT molecular complexity index is 941. The van der Waals surface area contributed by atoms with Gasteiger partial charge in [0.25, 0.3) is 0 Å². The van der Waals surface area contributed by atoms with Crippen LogP contribution in [0.1, 0.15) is 16.3 Å². The number of ether oxygens (including phenoxy) is 1. The highest BCUT2D eigenvalue weighted by Gasteiger charge is 2.28. The van der Waals surface area contributed by atoms with Crippen LogP contribution in [0.5, 0.6) is 5.06 Å². The van der Waals surface area contributed by atoms with Gasteiger partial charge in [0.2, 0.25) is 5.06 Å². The number of nitrogens with zero attached hydrogens (tertiary/aromatic N) is 3. The van der Waals surface area contributed by atoms with Gasteiger partial charge in [-0.3, -0.25) is 4.98 Å². The monoisotopic (exact) mass is 412 g/mol. The summed E-state index contributed by atoms with van der Waals surface area (Å²) in [4.78, 5) is 19.8. The van der Waals surface area contributed by atoms with Crippen LogP contribution in [0, 0.1) is 6.92 Å². The van der Waals surface area contributed by atoms with Crippen molar-refractivity contribution in [3.63, 3.8) is 0 Å². The highest BCUT2D eigenvalue weighted by molar-refractivity contribution is 7.13. The summed E-state index contributed by atoms with van der Waals surface area (Å²) >= 11 is 1.08. The van der Waals surface area contributed by atoms with Gasteiger partial charge in [0, 0.05) is 18.2 Å². The minimum absolute atomic E-state index is 0.113. The third kappa shape index (κ3) is 5.28. The van der Waals surface area contributed by atoms with Gasteiger partial charge in [-0.2, -0.15) is 13.2 Å². The van der Waals surface area contributed by atoms with Gasteiger partial charge in [-0.25, -0.2) is 9.78 Å². The van der Waals surface area contributed by atoms with Crippen LogP contribution in [0.2, 0.25) is 0 Å². The summed E-state index contributed by atoms with van der Waals surface area (Å²) in [5.74, 6) is 0.667. The van der Waals surface area contributed by atoms with Crippen molar-refractivity contribution >= 4 is 17.4 Å². The lowest BCUT2D eigenvalue weighted by molar-refractivity contribution is -0.123.